The Morgan fingerprint density at radius 2 is 1.74 bits per heavy atom. The molecule has 0 bridgehead atoms. The van der Waals surface area contributed by atoms with E-state index in [0.29, 0.717) is 37.2 Å². The van der Waals surface area contributed by atoms with Crippen LogP contribution < -0.4 is 5.73 Å². The molecule has 3 N–H and O–H groups in total. The molecule has 1 aromatic rings. The van der Waals surface area contributed by atoms with Crippen molar-refractivity contribution >= 4 is 17.6 Å². The number of likely N-dealkylation sites (tertiary alicyclic amines) is 1. The van der Waals surface area contributed by atoms with Crippen LogP contribution in [0.4, 0.5) is 5.69 Å². The Morgan fingerprint density at radius 3 is 2.21 bits per heavy atom. The molecule has 0 saturated carbocycles. The summed E-state index contributed by atoms with van der Waals surface area (Å²) in [6.45, 7) is 2.69. The van der Waals surface area contributed by atoms with Gasteiger partial charge in [0.25, 0.3) is 5.91 Å². The van der Waals surface area contributed by atoms with Gasteiger partial charge in [0.15, 0.2) is 0 Å². The molecular weight excluding hydrogens is 244 g/mol. The second kappa shape index (κ2) is 4.91. The predicted octanol–water partition coefficient (Wildman–Crippen LogP) is 1.60. The van der Waals surface area contributed by atoms with Crippen LogP contribution in [0.2, 0.25) is 0 Å². The van der Waals surface area contributed by atoms with E-state index in [-0.39, 0.29) is 5.91 Å². The standard InChI is InChI=1S/C14H18N2O3/c1-14(13(18)19)6-8-16(9-7-14)12(17)10-2-4-11(15)5-3-10/h2-5H,6-9,15H2,1H3,(H,18,19). The maximum atomic E-state index is 12.2. The van der Waals surface area contributed by atoms with Gasteiger partial charge in [-0.3, -0.25) is 9.59 Å². The number of aliphatic carboxylic acids is 1. The molecule has 1 saturated heterocycles. The van der Waals surface area contributed by atoms with Crippen molar-refractivity contribution in [2.24, 2.45) is 5.41 Å². The van der Waals surface area contributed by atoms with Crippen LogP contribution in [0.5, 0.6) is 0 Å². The molecule has 1 heterocycles. The molecule has 5 heteroatoms. The molecule has 0 aromatic heterocycles. The molecule has 102 valence electrons. The number of benzene rings is 1. The fourth-order valence-electron chi connectivity index (χ4n) is 2.23. The third kappa shape index (κ3) is 2.70. The maximum Gasteiger partial charge on any atom is 0.309 e. The summed E-state index contributed by atoms with van der Waals surface area (Å²) in [5.74, 6) is -0.848. The average Bonchev–Trinajstić information content (AvgIpc) is 2.39. The second-order valence-electron chi connectivity index (χ2n) is 5.28. The third-order valence-corrected chi connectivity index (χ3v) is 3.83. The van der Waals surface area contributed by atoms with Crippen LogP contribution in [0, 0.1) is 5.41 Å². The number of carboxylic acid groups (broad SMARTS) is 1. The summed E-state index contributed by atoms with van der Waals surface area (Å²) in [6.07, 6.45) is 0.978. The zero-order chi connectivity index (χ0) is 14.0. The number of anilines is 1. The van der Waals surface area contributed by atoms with Crippen LogP contribution in [-0.2, 0) is 4.79 Å². The highest BCUT2D eigenvalue weighted by atomic mass is 16.4. The summed E-state index contributed by atoms with van der Waals surface area (Å²) in [7, 11) is 0. The van der Waals surface area contributed by atoms with Gasteiger partial charge in [-0.25, -0.2) is 0 Å². The van der Waals surface area contributed by atoms with Gasteiger partial charge >= 0.3 is 5.97 Å². The minimum absolute atomic E-state index is 0.0626. The Kier molecular flexibility index (Phi) is 3.46. The van der Waals surface area contributed by atoms with E-state index in [0.717, 1.165) is 0 Å². The summed E-state index contributed by atoms with van der Waals surface area (Å²) in [5.41, 5.74) is 6.08. The summed E-state index contributed by atoms with van der Waals surface area (Å²) in [4.78, 5) is 25.1. The van der Waals surface area contributed by atoms with Crippen LogP contribution in [0.15, 0.2) is 24.3 Å². The summed E-state index contributed by atoms with van der Waals surface area (Å²) in [6, 6.07) is 6.78. The summed E-state index contributed by atoms with van der Waals surface area (Å²) in [5, 5.41) is 9.15. The number of hydrogen-bond donors (Lipinski definition) is 2. The quantitative estimate of drug-likeness (QED) is 0.793. The first kappa shape index (κ1) is 13.4. The highest BCUT2D eigenvalue weighted by molar-refractivity contribution is 5.94. The maximum absolute atomic E-state index is 12.2. The highest BCUT2D eigenvalue weighted by Crippen LogP contribution is 2.31. The smallest absolute Gasteiger partial charge is 0.309 e. The fourth-order valence-corrected chi connectivity index (χ4v) is 2.23. The van der Waals surface area contributed by atoms with Crippen LogP contribution in [0.3, 0.4) is 0 Å². The van der Waals surface area contributed by atoms with Crippen LogP contribution in [0.1, 0.15) is 30.1 Å². The Hall–Kier alpha value is -2.04. The van der Waals surface area contributed by atoms with Gasteiger partial charge in [-0.15, -0.1) is 0 Å². The molecule has 0 unspecified atom stereocenters. The molecule has 1 aliphatic heterocycles. The number of hydrogen-bond acceptors (Lipinski definition) is 3. The largest absolute Gasteiger partial charge is 0.481 e. The van der Waals surface area contributed by atoms with Crippen molar-refractivity contribution in [1.29, 1.82) is 0 Å². The van der Waals surface area contributed by atoms with Gasteiger partial charge in [-0.1, -0.05) is 0 Å². The topological polar surface area (TPSA) is 83.6 Å². The first-order valence-corrected chi connectivity index (χ1v) is 6.31. The van der Waals surface area contributed by atoms with Gasteiger partial charge in [0.1, 0.15) is 0 Å². The van der Waals surface area contributed by atoms with E-state index < -0.39 is 11.4 Å². The minimum atomic E-state index is -0.785. The van der Waals surface area contributed by atoms with Crippen LogP contribution in [0.25, 0.3) is 0 Å². The number of nitrogens with zero attached hydrogens (tertiary/aromatic N) is 1. The van der Waals surface area contributed by atoms with E-state index >= 15 is 0 Å². The van der Waals surface area contributed by atoms with E-state index in [2.05, 4.69) is 0 Å². The molecule has 19 heavy (non-hydrogen) atoms. The number of nitrogen functional groups attached to an aromatic ring is 1. The Balaban J connectivity index is 2.04. The highest BCUT2D eigenvalue weighted by Gasteiger charge is 2.38. The van der Waals surface area contributed by atoms with Crippen molar-refractivity contribution in [2.75, 3.05) is 18.8 Å². The predicted molar refractivity (Wildman–Crippen MR) is 71.7 cm³/mol. The van der Waals surface area contributed by atoms with Gasteiger partial charge in [-0.05, 0) is 44.0 Å². The number of rotatable bonds is 2. The van der Waals surface area contributed by atoms with E-state index in [1.165, 1.54) is 0 Å². The Morgan fingerprint density at radius 1 is 1.21 bits per heavy atom. The minimum Gasteiger partial charge on any atom is -0.481 e. The molecule has 0 radical (unpaired) electrons. The van der Waals surface area contributed by atoms with Crippen molar-refractivity contribution in [3.8, 4) is 0 Å². The lowest BCUT2D eigenvalue weighted by Gasteiger charge is -2.36. The van der Waals surface area contributed by atoms with E-state index in [1.54, 1.807) is 36.1 Å². The fraction of sp³-hybridized carbons (Fsp3) is 0.429. The van der Waals surface area contributed by atoms with Crippen LogP contribution >= 0.6 is 0 Å². The SMILES string of the molecule is CC1(C(=O)O)CCN(C(=O)c2ccc(N)cc2)CC1. The molecule has 2 rings (SSSR count). The zero-order valence-electron chi connectivity index (χ0n) is 10.9. The van der Waals surface area contributed by atoms with Gasteiger partial charge in [0, 0.05) is 24.3 Å². The lowest BCUT2D eigenvalue weighted by Crippen LogP contribution is -2.45. The molecular formula is C14H18N2O3. The first-order valence-electron chi connectivity index (χ1n) is 6.31. The summed E-state index contributed by atoms with van der Waals surface area (Å²) >= 11 is 0. The number of nitrogens with two attached hydrogens (primary N) is 1. The third-order valence-electron chi connectivity index (χ3n) is 3.83. The molecule has 1 amide bonds. The molecule has 1 aliphatic rings. The molecule has 0 aliphatic carbocycles. The normalized spacial score (nSPS) is 18.1. The van der Waals surface area contributed by atoms with Crippen molar-refractivity contribution in [1.82, 2.24) is 4.90 Å². The Bertz CT molecular complexity index is 488. The summed E-state index contributed by atoms with van der Waals surface area (Å²) < 4.78 is 0. The lowest BCUT2D eigenvalue weighted by molar-refractivity contribution is -0.150. The van der Waals surface area contributed by atoms with Gasteiger partial charge in [-0.2, -0.15) is 0 Å². The molecule has 1 aromatic carbocycles. The van der Waals surface area contributed by atoms with Gasteiger partial charge in [0.05, 0.1) is 5.41 Å². The first-order chi connectivity index (χ1) is 8.92. The monoisotopic (exact) mass is 262 g/mol. The van der Waals surface area contributed by atoms with Gasteiger partial charge < -0.3 is 15.7 Å². The molecule has 1 fully saturated rings. The Labute approximate surface area is 112 Å². The lowest BCUT2D eigenvalue weighted by atomic mass is 9.80. The number of carbonyl (C=O) groups is 2. The molecule has 0 spiro atoms. The number of carbonyl (C=O) groups excluding carboxylic acids is 1. The van der Waals surface area contributed by atoms with Crippen molar-refractivity contribution < 1.29 is 14.7 Å². The van der Waals surface area contributed by atoms with Crippen LogP contribution in [-0.4, -0.2) is 35.0 Å². The van der Waals surface area contributed by atoms with E-state index in [4.69, 9.17) is 10.8 Å². The number of amides is 1. The van der Waals surface area contributed by atoms with Crippen molar-refractivity contribution in [3.05, 3.63) is 29.8 Å². The second-order valence-corrected chi connectivity index (χ2v) is 5.28. The van der Waals surface area contributed by atoms with E-state index in [1.807, 2.05) is 0 Å². The molecule has 0 atom stereocenters. The van der Waals surface area contributed by atoms with Crippen molar-refractivity contribution in [3.63, 3.8) is 0 Å². The van der Waals surface area contributed by atoms with E-state index in [9.17, 15) is 9.59 Å². The zero-order valence-corrected chi connectivity index (χ0v) is 10.9. The molecule has 5 nitrogen and oxygen atoms in total. The number of carboxylic acids is 1. The number of piperidine rings is 1. The average molecular weight is 262 g/mol. The van der Waals surface area contributed by atoms with Crippen molar-refractivity contribution in [2.45, 2.75) is 19.8 Å². The van der Waals surface area contributed by atoms with Gasteiger partial charge in [0.2, 0.25) is 0 Å².